The van der Waals surface area contributed by atoms with Crippen LogP contribution in [0.2, 0.25) is 0 Å². The molecule has 29 heteroatoms. The first kappa shape index (κ1) is 45.5. The molecule has 5 N–H and O–H groups in total. The van der Waals surface area contributed by atoms with Crippen molar-refractivity contribution in [2.45, 2.75) is 36.3 Å². The van der Waals surface area contributed by atoms with Crippen molar-refractivity contribution in [3.8, 4) is 11.4 Å². The van der Waals surface area contributed by atoms with Gasteiger partial charge in [-0.25, -0.2) is 0 Å². The summed E-state index contributed by atoms with van der Waals surface area (Å²) in [5, 5.41) is 9.20. The molecule has 0 aliphatic heterocycles. The highest BCUT2D eigenvalue weighted by molar-refractivity contribution is 7.87. The third kappa shape index (κ3) is 7.28. The minimum absolute atomic E-state index is 0.00628. The van der Waals surface area contributed by atoms with Gasteiger partial charge in [0.15, 0.2) is 0 Å². The second-order valence-electron chi connectivity index (χ2n) is 16.0. The Morgan fingerprint density at radius 3 is 1.47 bits per heavy atom. The molecule has 70 heavy (non-hydrogen) atoms. The largest absolute Gasteiger partial charge is 0.295 e. The highest BCUT2D eigenvalue weighted by atomic mass is 32.2. The summed E-state index contributed by atoms with van der Waals surface area (Å²) in [7, 11) is -24.1. The van der Waals surface area contributed by atoms with Crippen molar-refractivity contribution in [1.82, 2.24) is 28.1 Å². The highest BCUT2D eigenvalue weighted by Gasteiger charge is 2.32. The van der Waals surface area contributed by atoms with Gasteiger partial charge in [-0.3, -0.25) is 22.8 Å². The summed E-state index contributed by atoms with van der Waals surface area (Å²) >= 11 is 4.29. The fourth-order valence-electron chi connectivity index (χ4n) is 8.52. The number of hydrogen-bond acceptors (Lipinski definition) is 13. The molecule has 0 spiro atoms. The Morgan fingerprint density at radius 2 is 0.943 bits per heavy atom. The molecule has 4 heterocycles. The number of azo groups is 1. The fourth-order valence-corrected chi connectivity index (χ4v) is 12.0. The van der Waals surface area contributed by atoms with Crippen LogP contribution in [0.3, 0.4) is 0 Å². The molecule has 0 aliphatic carbocycles. The summed E-state index contributed by atoms with van der Waals surface area (Å²) in [6.45, 7) is 1.71. The van der Waals surface area contributed by atoms with E-state index in [4.69, 9.17) is 0 Å². The number of fused-ring (bicyclic) bond motifs is 12. The van der Waals surface area contributed by atoms with Gasteiger partial charge in [-0.15, -0.1) is 31.1 Å². The summed E-state index contributed by atoms with van der Waals surface area (Å²) in [5.41, 5.74) is 3.31. The van der Waals surface area contributed by atoms with Gasteiger partial charge >= 0.3 is 0 Å². The monoisotopic (exact) mass is 1060 g/mol. The van der Waals surface area contributed by atoms with Gasteiger partial charge in [-0.2, -0.15) is 61.9 Å². The van der Waals surface area contributed by atoms with Crippen molar-refractivity contribution in [2.75, 3.05) is 0 Å². The average Bonchev–Trinajstić information content (AvgIpc) is 4.13. The summed E-state index contributed by atoms with van der Waals surface area (Å²) in [6.07, 6.45) is 2.41. The second-order valence-corrected chi connectivity index (χ2v) is 23.5. The summed E-state index contributed by atoms with van der Waals surface area (Å²) in [4.78, 5) is 0.882. The minimum atomic E-state index is -4.93. The number of rotatable bonds is 11. The second kappa shape index (κ2) is 14.8. The lowest BCUT2D eigenvalue weighted by Gasteiger charge is -2.09. The van der Waals surface area contributed by atoms with Gasteiger partial charge in [0.25, 0.3) is 50.6 Å². The molecule has 0 radical (unpaired) electrons. The highest BCUT2D eigenvalue weighted by Crippen LogP contribution is 2.40. The van der Waals surface area contributed by atoms with E-state index in [0.717, 1.165) is 24.3 Å². The molecule has 0 atom stereocenters. The maximum atomic E-state index is 12.7. The average molecular weight is 1070 g/mol. The van der Waals surface area contributed by atoms with Crippen LogP contribution in [-0.4, -0.2) is 93.0 Å². The first-order valence-electron chi connectivity index (χ1n) is 19.8. The maximum absolute atomic E-state index is 12.7. The van der Waals surface area contributed by atoms with E-state index in [0.29, 0.717) is 49.3 Å². The van der Waals surface area contributed by atoms with Crippen LogP contribution in [0, 0.1) is 6.92 Å². The molecule has 0 saturated heterocycles. The number of aryl methyl sites for hydroxylation is 1. The molecule has 0 fully saturated rings. The van der Waals surface area contributed by atoms with Crippen molar-refractivity contribution in [3.63, 3.8) is 0 Å². The molecule has 0 aliphatic rings. The van der Waals surface area contributed by atoms with Gasteiger partial charge in [-0.1, -0.05) is 36.4 Å². The van der Waals surface area contributed by atoms with E-state index < -0.39 is 70.2 Å². The first-order valence-corrected chi connectivity index (χ1v) is 27.4. The van der Waals surface area contributed by atoms with Gasteiger partial charge in [0.05, 0.1) is 27.6 Å². The molecular weight excluding hydrogens is 1040 g/mol. The molecule has 11 rings (SSSR count). The van der Waals surface area contributed by atoms with Crippen molar-refractivity contribution in [3.05, 3.63) is 120 Å². The Bertz CT molecular complexity index is 4770. The van der Waals surface area contributed by atoms with Crippen molar-refractivity contribution >= 4 is 130 Å². The first-order chi connectivity index (χ1) is 32.7. The van der Waals surface area contributed by atoms with Crippen LogP contribution in [0.1, 0.15) is 16.7 Å². The molecule has 0 saturated carbocycles. The quantitative estimate of drug-likeness (QED) is 0.0333. The molecule has 4 aromatic heterocycles. The topological polar surface area (TPSA) is 324 Å². The van der Waals surface area contributed by atoms with Crippen LogP contribution in [0.15, 0.2) is 143 Å². The van der Waals surface area contributed by atoms with E-state index in [1.807, 2.05) is 0 Å². The van der Waals surface area contributed by atoms with E-state index in [1.54, 1.807) is 55.9 Å². The van der Waals surface area contributed by atoms with Gasteiger partial charge < -0.3 is 0 Å². The van der Waals surface area contributed by atoms with Crippen molar-refractivity contribution < 1.29 is 64.9 Å². The number of benzene rings is 7. The summed E-state index contributed by atoms with van der Waals surface area (Å²) < 4.78 is 180. The molecule has 0 bridgehead atoms. The molecule has 0 unspecified atom stereocenters. The Kier molecular flexibility index (Phi) is 9.64. The predicted molar refractivity (Wildman–Crippen MR) is 253 cm³/mol. The Labute approximate surface area is 398 Å². The zero-order valence-corrected chi connectivity index (χ0v) is 39.8. The number of hydrogen-bond donors (Lipinski definition) is 6. The van der Waals surface area contributed by atoms with E-state index in [2.05, 4.69) is 22.9 Å². The fraction of sp³-hybridized carbons (Fsp3) is 0.0244. The van der Waals surface area contributed by atoms with Crippen LogP contribution < -0.4 is 0 Å². The SMILES string of the molecule is Cc1cc(-n2n3c4cc(S(=O)(=O)O)c5cc(S(=O)(=O)O)ccc5c4n23)ccc1N=Nc1ccc(/C=C\c2ccc(-n3n4c5cc(S(=O)(=O)O)c6cc(S)ccc6c5n34)cc2S(=O)(=O)O)c(S(=O)(=O)O)c1. The van der Waals surface area contributed by atoms with Gasteiger partial charge in [0.1, 0.15) is 41.6 Å². The summed E-state index contributed by atoms with van der Waals surface area (Å²) in [5.74, 6) is 0. The van der Waals surface area contributed by atoms with E-state index >= 15 is 0 Å². The predicted octanol–water partition coefficient (Wildman–Crippen LogP) is 6.88. The van der Waals surface area contributed by atoms with E-state index in [9.17, 15) is 64.9 Å². The third-order valence-electron chi connectivity index (χ3n) is 11.7. The van der Waals surface area contributed by atoms with E-state index in [1.165, 1.54) is 70.1 Å². The van der Waals surface area contributed by atoms with Crippen molar-refractivity contribution in [2.24, 2.45) is 10.2 Å². The molecule has 23 nitrogen and oxygen atoms in total. The third-order valence-corrected chi connectivity index (χ3v) is 16.4. The Morgan fingerprint density at radius 1 is 0.457 bits per heavy atom. The van der Waals surface area contributed by atoms with Crippen molar-refractivity contribution in [1.29, 1.82) is 0 Å². The number of nitrogens with zero attached hydrogens (tertiary/aromatic N) is 8. The molecule has 7 aromatic carbocycles. The smallest absolute Gasteiger partial charge is 0.282 e. The van der Waals surface area contributed by atoms with Crippen LogP contribution in [0.5, 0.6) is 0 Å². The van der Waals surface area contributed by atoms with Gasteiger partial charge in [0, 0.05) is 26.4 Å². The van der Waals surface area contributed by atoms with Crippen LogP contribution in [0.25, 0.3) is 67.1 Å². The van der Waals surface area contributed by atoms with Gasteiger partial charge in [-0.05, 0) is 102 Å². The number of thiol groups is 1. The molecule has 358 valence electrons. The zero-order valence-electron chi connectivity index (χ0n) is 34.9. The molecular formula is C41H28N8O15S6. The van der Waals surface area contributed by atoms with Crippen LogP contribution in [0.4, 0.5) is 11.4 Å². The van der Waals surface area contributed by atoms with Crippen LogP contribution in [-0.2, 0) is 50.6 Å². The maximum Gasteiger partial charge on any atom is 0.295 e. The standard InChI is InChI=1S/C41H28N8O15S6/c1-21-14-25(44-46-35-20-39(70(62,63)64)32-18-28(66(50,51)52)10-12-30(32)41(35)48(44)46)8-13-33(21)43-42-24-6-4-22(36(15-24)67(53,54)55)2-3-23-5-7-26(16-37(23)68(56,57)58)45-47-34-19-38(69(59,60)61)31-17-27(65)9-11-29(31)40(34)49(45)47/h2-20,65H,1H3,(H,50,51,52)(H,53,54,55)(H,56,57,58)(H,59,60,61)(H,62,63,64)/b3-2-,43-42?. The molecule has 0 amide bonds. The lowest BCUT2D eigenvalue weighted by molar-refractivity contribution is 0.480. The zero-order chi connectivity index (χ0) is 49.9. The normalized spacial score (nSPS) is 13.8. The van der Waals surface area contributed by atoms with Gasteiger partial charge in [0.2, 0.25) is 0 Å². The lowest BCUT2D eigenvalue weighted by Crippen LogP contribution is -2.04. The van der Waals surface area contributed by atoms with Crippen LogP contribution >= 0.6 is 12.6 Å². The minimum Gasteiger partial charge on any atom is -0.282 e. The number of aromatic nitrogens is 6. The Balaban J connectivity index is 0.881. The van der Waals surface area contributed by atoms with E-state index in [-0.39, 0.29) is 43.6 Å². The Hall–Kier alpha value is -6.90. The molecule has 11 aromatic rings. The lowest BCUT2D eigenvalue weighted by atomic mass is 10.1. The summed E-state index contributed by atoms with van der Waals surface area (Å²) in [6, 6.07) is 23.2.